The van der Waals surface area contributed by atoms with Crippen LogP contribution >= 0.6 is 0 Å². The summed E-state index contributed by atoms with van der Waals surface area (Å²) in [6.07, 6.45) is 0. The summed E-state index contributed by atoms with van der Waals surface area (Å²) >= 11 is 0. The minimum absolute atomic E-state index is 0.0861. The quantitative estimate of drug-likeness (QED) is 0.182. The number of ketones is 1. The number of carbonyl (C=O) groups excluding carboxylic acids is 1. The number of rotatable bonds is 5. The molecule has 0 fully saturated rings. The van der Waals surface area contributed by atoms with Gasteiger partial charge in [0.25, 0.3) is 0 Å². The fourth-order valence-electron chi connectivity index (χ4n) is 6.17. The highest BCUT2D eigenvalue weighted by atomic mass is 16.1. The number of carbonyl (C=O) groups is 1. The van der Waals surface area contributed by atoms with Crippen molar-refractivity contribution in [2.24, 2.45) is 0 Å². The van der Waals surface area contributed by atoms with E-state index in [0.29, 0.717) is 0 Å². The lowest BCUT2D eigenvalue weighted by molar-refractivity contribution is 0.101. The van der Waals surface area contributed by atoms with Gasteiger partial charge in [0.15, 0.2) is 5.78 Å². The monoisotopic (exact) mass is 594 g/mol. The number of hydrogen-bond donors (Lipinski definition) is 0. The van der Waals surface area contributed by atoms with Crippen molar-refractivity contribution in [2.45, 2.75) is 13.8 Å². The van der Waals surface area contributed by atoms with E-state index in [1.54, 1.807) is 6.92 Å². The summed E-state index contributed by atoms with van der Waals surface area (Å²) in [6, 6.07) is 58.7. The van der Waals surface area contributed by atoms with Crippen LogP contribution in [0.1, 0.15) is 22.8 Å². The molecule has 0 N–H and O–H groups in total. The second-order valence-electron chi connectivity index (χ2n) is 11.5. The van der Waals surface area contributed by atoms with Gasteiger partial charge in [0.2, 0.25) is 0 Å². The van der Waals surface area contributed by atoms with Gasteiger partial charge in [0.05, 0.1) is 22.4 Å². The van der Waals surface area contributed by atoms with E-state index < -0.39 is 0 Å². The molecule has 0 spiro atoms. The van der Waals surface area contributed by atoms with Crippen molar-refractivity contribution in [3.63, 3.8) is 0 Å². The zero-order valence-corrected chi connectivity index (χ0v) is 26.0. The molecule has 0 atom stereocenters. The van der Waals surface area contributed by atoms with E-state index in [1.165, 1.54) is 44.4 Å². The van der Waals surface area contributed by atoms with Crippen LogP contribution in [0.25, 0.3) is 55.7 Å². The highest BCUT2D eigenvalue weighted by molar-refractivity contribution is 5.95. The van der Waals surface area contributed by atoms with Crippen molar-refractivity contribution in [2.75, 3.05) is 0 Å². The molecule has 0 aliphatic carbocycles. The lowest BCUT2D eigenvalue weighted by Crippen LogP contribution is -1.99. The van der Waals surface area contributed by atoms with Gasteiger partial charge in [0.1, 0.15) is 0 Å². The van der Waals surface area contributed by atoms with Crippen LogP contribution in [0.3, 0.4) is 0 Å². The van der Waals surface area contributed by atoms with Crippen LogP contribution in [0.4, 0.5) is 0 Å². The Balaban J connectivity index is 0.000000149. The molecule has 6 aromatic carbocycles. The van der Waals surface area contributed by atoms with E-state index in [-0.39, 0.29) is 5.78 Å². The molecule has 2 heterocycles. The fourth-order valence-corrected chi connectivity index (χ4v) is 6.17. The second-order valence-corrected chi connectivity index (χ2v) is 11.5. The smallest absolute Gasteiger partial charge is 0.159 e. The maximum atomic E-state index is 11.6. The van der Waals surface area contributed by atoms with E-state index in [9.17, 15) is 4.79 Å². The van der Waals surface area contributed by atoms with Gasteiger partial charge >= 0.3 is 0 Å². The molecule has 0 aliphatic rings. The Morgan fingerprint density at radius 1 is 0.478 bits per heavy atom. The van der Waals surface area contributed by atoms with Crippen LogP contribution in [-0.4, -0.2) is 14.9 Å². The van der Waals surface area contributed by atoms with Crippen LogP contribution in [0.5, 0.6) is 0 Å². The Kier molecular flexibility index (Phi) is 7.89. The largest absolute Gasteiger partial charge is 0.309 e. The Bertz CT molecular complexity index is 2270. The lowest BCUT2D eigenvalue weighted by Gasteiger charge is -2.13. The first-order chi connectivity index (χ1) is 22.6. The number of Topliss-reactive ketones (excluding diaryl/α,β-unsaturated/α-hetero) is 1. The number of nitrogens with zero attached hydrogens (tertiary/aromatic N) is 2. The average Bonchev–Trinajstić information content (AvgIpc) is 3.69. The number of fused-ring (bicyclic) bond motifs is 2. The van der Waals surface area contributed by atoms with Crippen LogP contribution < -0.4 is 0 Å². The first-order valence-electron chi connectivity index (χ1n) is 15.6. The minimum atomic E-state index is 0.0861. The van der Waals surface area contributed by atoms with Crippen molar-refractivity contribution in [1.82, 2.24) is 9.13 Å². The first-order valence-corrected chi connectivity index (χ1v) is 15.6. The number of aromatic nitrogens is 2. The Morgan fingerprint density at radius 3 is 1.57 bits per heavy atom. The van der Waals surface area contributed by atoms with Crippen LogP contribution in [0, 0.1) is 6.92 Å². The predicted molar refractivity (Wildman–Crippen MR) is 192 cm³/mol. The lowest BCUT2D eigenvalue weighted by atomic mass is 10.1. The normalized spacial score (nSPS) is 10.9. The molecule has 0 aliphatic heterocycles. The third kappa shape index (κ3) is 5.55. The molecule has 3 heteroatoms. The third-order valence-corrected chi connectivity index (χ3v) is 8.46. The highest BCUT2D eigenvalue weighted by Gasteiger charge is 2.14. The number of benzene rings is 6. The molecular weight excluding hydrogens is 560 g/mol. The molecule has 0 amide bonds. The van der Waals surface area contributed by atoms with Gasteiger partial charge in [-0.2, -0.15) is 0 Å². The van der Waals surface area contributed by atoms with E-state index in [4.69, 9.17) is 0 Å². The van der Waals surface area contributed by atoms with E-state index in [0.717, 1.165) is 22.5 Å². The van der Waals surface area contributed by atoms with Crippen LogP contribution in [0.2, 0.25) is 0 Å². The van der Waals surface area contributed by atoms with Crippen molar-refractivity contribution >= 4 is 27.6 Å². The number of para-hydroxylation sites is 3. The van der Waals surface area contributed by atoms with E-state index >= 15 is 0 Å². The standard InChI is InChI=1S/C23H19NO.C20H15N/c1-16-7-3-5-9-21(16)23-15-19-8-4-6-10-22(19)24(23)20-13-11-18(12-14-20)17(2)25;1-3-9-16(10-4-1)20-15-17-11-7-8-14-19(17)21(20)18-12-5-2-6-13-18/h3-15H,1-2H3;1-15H. The predicted octanol–water partition coefficient (Wildman–Crippen LogP) is 11.1. The zero-order valence-electron chi connectivity index (χ0n) is 26.0. The summed E-state index contributed by atoms with van der Waals surface area (Å²) in [5.74, 6) is 0.0861. The topological polar surface area (TPSA) is 26.9 Å². The van der Waals surface area contributed by atoms with Gasteiger partial charge in [0, 0.05) is 33.3 Å². The Labute approximate surface area is 269 Å². The van der Waals surface area contributed by atoms with Gasteiger partial charge in [-0.15, -0.1) is 0 Å². The highest BCUT2D eigenvalue weighted by Crippen LogP contribution is 2.34. The molecule has 0 radical (unpaired) electrons. The third-order valence-electron chi connectivity index (χ3n) is 8.46. The molecule has 0 saturated carbocycles. The molecule has 8 rings (SSSR count). The zero-order chi connectivity index (χ0) is 31.5. The summed E-state index contributed by atoms with van der Waals surface area (Å²) in [5.41, 5.74) is 11.5. The van der Waals surface area contributed by atoms with Gasteiger partial charge in [-0.3, -0.25) is 4.79 Å². The maximum Gasteiger partial charge on any atom is 0.159 e. The van der Waals surface area contributed by atoms with E-state index in [2.05, 4.69) is 162 Å². The number of hydrogen-bond acceptors (Lipinski definition) is 1. The molecule has 46 heavy (non-hydrogen) atoms. The second kappa shape index (κ2) is 12.6. The Morgan fingerprint density at radius 2 is 0.957 bits per heavy atom. The SMILES string of the molecule is CC(=O)c1ccc(-n2c(-c3ccccc3C)cc3ccccc32)cc1.c1ccc(-c2cc3ccccc3n2-c2ccccc2)cc1. The molecule has 3 nitrogen and oxygen atoms in total. The van der Waals surface area contributed by atoms with Gasteiger partial charge in [-0.25, -0.2) is 0 Å². The van der Waals surface area contributed by atoms with Crippen LogP contribution in [0.15, 0.2) is 170 Å². The summed E-state index contributed by atoms with van der Waals surface area (Å²) in [6.45, 7) is 3.73. The fraction of sp³-hybridized carbons (Fsp3) is 0.0465. The maximum absolute atomic E-state index is 11.6. The Hall–Kier alpha value is -5.93. The van der Waals surface area contributed by atoms with Gasteiger partial charge in [-0.05, 0) is 85.6 Å². The molecule has 222 valence electrons. The first kappa shape index (κ1) is 28.8. The van der Waals surface area contributed by atoms with Crippen molar-refractivity contribution in [3.05, 3.63) is 181 Å². The van der Waals surface area contributed by atoms with Crippen molar-refractivity contribution in [3.8, 4) is 33.9 Å². The molecule has 0 unspecified atom stereocenters. The average molecular weight is 595 g/mol. The number of aryl methyl sites for hydroxylation is 1. The molecule has 2 aromatic heterocycles. The van der Waals surface area contributed by atoms with Crippen molar-refractivity contribution in [1.29, 1.82) is 0 Å². The molecule has 0 saturated heterocycles. The van der Waals surface area contributed by atoms with Crippen LogP contribution in [-0.2, 0) is 0 Å². The summed E-state index contributed by atoms with van der Waals surface area (Å²) in [7, 11) is 0. The summed E-state index contributed by atoms with van der Waals surface area (Å²) < 4.78 is 4.59. The van der Waals surface area contributed by atoms with Crippen molar-refractivity contribution < 1.29 is 4.79 Å². The minimum Gasteiger partial charge on any atom is -0.309 e. The molecule has 0 bridgehead atoms. The summed E-state index contributed by atoms with van der Waals surface area (Å²) in [4.78, 5) is 11.6. The summed E-state index contributed by atoms with van der Waals surface area (Å²) in [5, 5.41) is 2.47. The van der Waals surface area contributed by atoms with Gasteiger partial charge < -0.3 is 9.13 Å². The molecule has 8 aromatic rings. The molecular formula is C43H34N2O. The van der Waals surface area contributed by atoms with E-state index in [1.807, 2.05) is 24.3 Å². The van der Waals surface area contributed by atoms with Gasteiger partial charge in [-0.1, -0.05) is 109 Å².